The molecule has 158 valence electrons. The standard InChI is InChI=1S/C19H19N9O3/c1-20-19(30)15-13(9-14(23-24-15)22-18(29)10-5-6-10)21-12-4-2-3-11-16(12)31-8-7-28-17(11)25-26-27-28/h2-4,9-10H,5-8H2,1H3,(H,20,30)(H2,21,22,23,29). The van der Waals surface area contributed by atoms with Crippen LogP contribution >= 0.6 is 0 Å². The number of hydrogen-bond donors (Lipinski definition) is 3. The number of anilines is 3. The second-order valence-electron chi connectivity index (χ2n) is 7.22. The molecule has 1 aromatic carbocycles. The normalized spacial score (nSPS) is 14.5. The summed E-state index contributed by atoms with van der Waals surface area (Å²) in [4.78, 5) is 24.5. The van der Waals surface area contributed by atoms with Gasteiger partial charge in [-0.2, -0.15) is 0 Å². The summed E-state index contributed by atoms with van der Waals surface area (Å²) in [6.45, 7) is 0.886. The molecule has 12 heteroatoms. The summed E-state index contributed by atoms with van der Waals surface area (Å²) in [7, 11) is 1.51. The van der Waals surface area contributed by atoms with Crippen LogP contribution in [-0.2, 0) is 11.3 Å². The molecule has 2 aliphatic rings. The summed E-state index contributed by atoms with van der Waals surface area (Å²) in [5.74, 6) is 0.908. The molecule has 3 aromatic rings. The van der Waals surface area contributed by atoms with Crippen LogP contribution < -0.4 is 20.7 Å². The fourth-order valence-electron chi connectivity index (χ4n) is 3.30. The molecule has 3 N–H and O–H groups in total. The van der Waals surface area contributed by atoms with E-state index in [9.17, 15) is 9.59 Å². The van der Waals surface area contributed by atoms with Gasteiger partial charge in [-0.1, -0.05) is 6.07 Å². The van der Waals surface area contributed by atoms with E-state index >= 15 is 0 Å². The van der Waals surface area contributed by atoms with Crippen molar-refractivity contribution in [2.24, 2.45) is 5.92 Å². The molecule has 1 aliphatic heterocycles. The number of nitrogens with one attached hydrogen (secondary N) is 3. The first-order valence-corrected chi connectivity index (χ1v) is 9.84. The average Bonchev–Trinajstić information content (AvgIpc) is 3.56. The molecular weight excluding hydrogens is 402 g/mol. The van der Waals surface area contributed by atoms with Crippen molar-refractivity contribution in [3.63, 3.8) is 0 Å². The molecule has 5 rings (SSSR count). The van der Waals surface area contributed by atoms with Gasteiger partial charge in [-0.3, -0.25) is 9.59 Å². The quantitative estimate of drug-likeness (QED) is 0.548. The Morgan fingerprint density at radius 1 is 1.16 bits per heavy atom. The third-order valence-corrected chi connectivity index (χ3v) is 5.04. The molecular formula is C19H19N9O3. The summed E-state index contributed by atoms with van der Waals surface area (Å²) in [5, 5.41) is 28.3. The molecule has 0 unspecified atom stereocenters. The van der Waals surface area contributed by atoms with E-state index in [-0.39, 0.29) is 23.3 Å². The van der Waals surface area contributed by atoms with E-state index in [0.717, 1.165) is 18.4 Å². The number of carbonyl (C=O) groups excluding carboxylic acids is 2. The maximum atomic E-state index is 12.3. The van der Waals surface area contributed by atoms with Crippen LogP contribution in [0.4, 0.5) is 17.2 Å². The van der Waals surface area contributed by atoms with Gasteiger partial charge in [0.1, 0.15) is 6.61 Å². The lowest BCUT2D eigenvalue weighted by Gasteiger charge is -2.16. The first-order chi connectivity index (χ1) is 15.1. The minimum Gasteiger partial charge on any atom is -0.489 e. The minimum atomic E-state index is -0.415. The first kappa shape index (κ1) is 18.9. The first-order valence-electron chi connectivity index (χ1n) is 9.84. The number of benzene rings is 1. The van der Waals surface area contributed by atoms with Crippen LogP contribution in [0.5, 0.6) is 5.75 Å². The molecule has 0 radical (unpaired) electrons. The van der Waals surface area contributed by atoms with Crippen molar-refractivity contribution in [1.82, 2.24) is 35.7 Å². The lowest BCUT2D eigenvalue weighted by atomic mass is 10.1. The van der Waals surface area contributed by atoms with Crippen molar-refractivity contribution in [1.29, 1.82) is 0 Å². The summed E-state index contributed by atoms with van der Waals surface area (Å²) in [6, 6.07) is 7.09. The SMILES string of the molecule is CNC(=O)c1nnc(NC(=O)C2CC2)cc1Nc1cccc2c1OCCn1nnnc1-2. The van der Waals surface area contributed by atoms with E-state index in [1.54, 1.807) is 10.7 Å². The van der Waals surface area contributed by atoms with Gasteiger partial charge in [0.25, 0.3) is 5.91 Å². The van der Waals surface area contributed by atoms with Gasteiger partial charge in [0.15, 0.2) is 23.1 Å². The number of nitrogens with zero attached hydrogens (tertiary/aromatic N) is 6. The minimum absolute atomic E-state index is 0.0149. The molecule has 0 saturated heterocycles. The third kappa shape index (κ3) is 3.63. The monoisotopic (exact) mass is 421 g/mol. The summed E-state index contributed by atoms with van der Waals surface area (Å²) in [5.41, 5.74) is 1.79. The predicted octanol–water partition coefficient (Wildman–Crippen LogP) is 0.974. The number of aromatic nitrogens is 6. The summed E-state index contributed by atoms with van der Waals surface area (Å²) >= 11 is 0. The molecule has 1 fully saturated rings. The van der Waals surface area contributed by atoms with Gasteiger partial charge in [-0.15, -0.1) is 15.3 Å². The van der Waals surface area contributed by atoms with E-state index in [0.29, 0.717) is 36.1 Å². The Labute approximate surface area is 176 Å². The number of amides is 2. The average molecular weight is 421 g/mol. The molecule has 3 heterocycles. The van der Waals surface area contributed by atoms with Crippen LogP contribution in [0.1, 0.15) is 23.3 Å². The van der Waals surface area contributed by atoms with Crippen LogP contribution in [0.3, 0.4) is 0 Å². The Bertz CT molecular complexity index is 1170. The number of para-hydroxylation sites is 1. The van der Waals surface area contributed by atoms with Crippen molar-refractivity contribution in [2.75, 3.05) is 24.3 Å². The summed E-state index contributed by atoms with van der Waals surface area (Å²) in [6.07, 6.45) is 1.74. The second kappa shape index (κ2) is 7.63. The largest absolute Gasteiger partial charge is 0.489 e. The van der Waals surface area contributed by atoms with E-state index in [4.69, 9.17) is 4.74 Å². The molecule has 2 amide bonds. The van der Waals surface area contributed by atoms with Gasteiger partial charge in [-0.25, -0.2) is 4.68 Å². The summed E-state index contributed by atoms with van der Waals surface area (Å²) < 4.78 is 7.63. The maximum absolute atomic E-state index is 12.3. The Morgan fingerprint density at radius 3 is 2.84 bits per heavy atom. The Hall–Kier alpha value is -4.09. The number of rotatable bonds is 5. The molecule has 0 bridgehead atoms. The van der Waals surface area contributed by atoms with Crippen molar-refractivity contribution >= 4 is 29.0 Å². The van der Waals surface area contributed by atoms with Crippen LogP contribution in [0.15, 0.2) is 24.3 Å². The van der Waals surface area contributed by atoms with E-state index in [2.05, 4.69) is 41.7 Å². The van der Waals surface area contributed by atoms with Crippen molar-refractivity contribution in [2.45, 2.75) is 19.4 Å². The van der Waals surface area contributed by atoms with Crippen LogP contribution in [-0.4, -0.2) is 55.9 Å². The molecule has 0 spiro atoms. The zero-order valence-electron chi connectivity index (χ0n) is 16.6. The smallest absolute Gasteiger partial charge is 0.273 e. The highest BCUT2D eigenvalue weighted by Gasteiger charge is 2.30. The molecule has 0 atom stereocenters. The number of ether oxygens (including phenoxy) is 1. The fraction of sp³-hybridized carbons (Fsp3) is 0.316. The Kier molecular flexibility index (Phi) is 4.65. The fourth-order valence-corrected chi connectivity index (χ4v) is 3.30. The maximum Gasteiger partial charge on any atom is 0.273 e. The van der Waals surface area contributed by atoms with E-state index < -0.39 is 5.91 Å². The molecule has 1 saturated carbocycles. The van der Waals surface area contributed by atoms with Crippen LogP contribution in [0.25, 0.3) is 11.4 Å². The highest BCUT2D eigenvalue weighted by atomic mass is 16.5. The van der Waals surface area contributed by atoms with Crippen LogP contribution in [0.2, 0.25) is 0 Å². The molecule has 1 aliphatic carbocycles. The van der Waals surface area contributed by atoms with Gasteiger partial charge in [-0.05, 0) is 35.4 Å². The number of carbonyl (C=O) groups is 2. The second-order valence-corrected chi connectivity index (χ2v) is 7.22. The lowest BCUT2D eigenvalue weighted by Crippen LogP contribution is -2.22. The number of tetrazole rings is 1. The topological polar surface area (TPSA) is 149 Å². The zero-order chi connectivity index (χ0) is 21.4. The Morgan fingerprint density at radius 2 is 2.03 bits per heavy atom. The van der Waals surface area contributed by atoms with Crippen LogP contribution in [0, 0.1) is 5.92 Å². The highest BCUT2D eigenvalue weighted by Crippen LogP contribution is 2.39. The van der Waals surface area contributed by atoms with Gasteiger partial charge >= 0.3 is 0 Å². The zero-order valence-corrected chi connectivity index (χ0v) is 16.6. The number of hydrogen-bond acceptors (Lipinski definition) is 9. The van der Waals surface area contributed by atoms with Gasteiger partial charge < -0.3 is 20.7 Å². The van der Waals surface area contributed by atoms with E-state index in [1.807, 2.05) is 18.2 Å². The molecule has 2 aromatic heterocycles. The number of fused-ring (bicyclic) bond motifs is 3. The lowest BCUT2D eigenvalue weighted by molar-refractivity contribution is -0.117. The van der Waals surface area contributed by atoms with Crippen molar-refractivity contribution in [3.8, 4) is 17.1 Å². The third-order valence-electron chi connectivity index (χ3n) is 5.04. The van der Waals surface area contributed by atoms with E-state index in [1.165, 1.54) is 7.05 Å². The van der Waals surface area contributed by atoms with Gasteiger partial charge in [0.05, 0.1) is 23.5 Å². The predicted molar refractivity (Wildman–Crippen MR) is 109 cm³/mol. The Balaban J connectivity index is 1.52. The van der Waals surface area contributed by atoms with Gasteiger partial charge in [0, 0.05) is 19.0 Å². The van der Waals surface area contributed by atoms with Crippen molar-refractivity contribution in [3.05, 3.63) is 30.0 Å². The highest BCUT2D eigenvalue weighted by molar-refractivity contribution is 6.00. The van der Waals surface area contributed by atoms with Gasteiger partial charge in [0.2, 0.25) is 5.91 Å². The molecule has 31 heavy (non-hydrogen) atoms. The van der Waals surface area contributed by atoms with Crippen molar-refractivity contribution < 1.29 is 14.3 Å². The molecule has 12 nitrogen and oxygen atoms in total.